The molecule has 2 amide bonds. The lowest BCUT2D eigenvalue weighted by Crippen LogP contribution is -2.47. The average molecular weight is 463 g/mol. The zero-order chi connectivity index (χ0) is 23.8. The molecule has 3 rings (SSSR count). The molecule has 0 aromatic heterocycles. The van der Waals surface area contributed by atoms with Gasteiger partial charge in [0.2, 0.25) is 0 Å². The Morgan fingerprint density at radius 3 is 1.94 bits per heavy atom. The number of hydrogen-bond acceptors (Lipinski definition) is 2. The molecule has 0 saturated carbocycles. The predicted octanol–water partition coefficient (Wildman–Crippen LogP) is 5.11. The highest BCUT2D eigenvalue weighted by atomic mass is 19.4. The van der Waals surface area contributed by atoms with E-state index in [1.807, 2.05) is 0 Å². The maximum absolute atomic E-state index is 13.2. The molecule has 0 spiro atoms. The van der Waals surface area contributed by atoms with Crippen LogP contribution in [-0.4, -0.2) is 44.2 Å². The number of likely N-dealkylation sites (N-methyl/N-ethyl adjacent to an activating group) is 1. The molecule has 2 aromatic carbocycles. The molecular formula is C21H20F7N3O. The summed E-state index contributed by atoms with van der Waals surface area (Å²) >= 11 is 0. The summed E-state index contributed by atoms with van der Waals surface area (Å²) in [6, 6.07) is 5.50. The van der Waals surface area contributed by atoms with Gasteiger partial charge in [0.15, 0.2) is 0 Å². The van der Waals surface area contributed by atoms with E-state index in [-0.39, 0.29) is 12.0 Å². The summed E-state index contributed by atoms with van der Waals surface area (Å²) in [6.45, 7) is 0.827. The zero-order valence-electron chi connectivity index (χ0n) is 17.1. The molecule has 4 nitrogen and oxygen atoms in total. The first-order valence-corrected chi connectivity index (χ1v) is 9.55. The average Bonchev–Trinajstić information content (AvgIpc) is 3.21. The Bertz CT molecular complexity index is 941. The van der Waals surface area contributed by atoms with Gasteiger partial charge in [-0.15, -0.1) is 0 Å². The third-order valence-corrected chi connectivity index (χ3v) is 5.53. The normalized spacial score (nSPS) is 19.2. The summed E-state index contributed by atoms with van der Waals surface area (Å²) in [5, 5.41) is 3.10. The summed E-state index contributed by atoms with van der Waals surface area (Å²) in [7, 11) is 2.54. The van der Waals surface area contributed by atoms with Gasteiger partial charge in [-0.1, -0.05) is 12.1 Å². The van der Waals surface area contributed by atoms with Gasteiger partial charge in [-0.3, -0.25) is 4.90 Å². The number of carbonyl (C=O) groups excluding carboxylic acids is 1. The van der Waals surface area contributed by atoms with E-state index in [4.69, 9.17) is 0 Å². The number of halogens is 7. The standard InChI is InChI=1S/C21H20F7N3O/c1-30(16-8-13(20(23,24)25)7-14(9-16)21(26,27)28)19(32)31(2)18-11-29-10-17(18)12-3-5-15(22)6-4-12/h3-9,17-18,29H,10-11H2,1-2H3. The lowest BCUT2D eigenvalue weighted by Gasteiger charge is -2.33. The van der Waals surface area contributed by atoms with Crippen LogP contribution in [0.3, 0.4) is 0 Å². The quantitative estimate of drug-likeness (QED) is 0.643. The number of carbonyl (C=O) groups is 1. The number of hydrogen-bond donors (Lipinski definition) is 1. The molecule has 0 radical (unpaired) electrons. The molecule has 0 bridgehead atoms. The van der Waals surface area contributed by atoms with Crippen LogP contribution in [0.25, 0.3) is 0 Å². The number of urea groups is 1. The number of amides is 2. The van der Waals surface area contributed by atoms with Gasteiger partial charge < -0.3 is 10.2 Å². The van der Waals surface area contributed by atoms with E-state index >= 15 is 0 Å². The van der Waals surface area contributed by atoms with Crippen molar-refractivity contribution in [2.45, 2.75) is 24.3 Å². The fourth-order valence-electron chi connectivity index (χ4n) is 3.74. The van der Waals surface area contributed by atoms with Crippen molar-refractivity contribution in [1.82, 2.24) is 10.2 Å². The number of alkyl halides is 6. The minimum atomic E-state index is -5.02. The molecule has 174 valence electrons. The van der Waals surface area contributed by atoms with Crippen molar-refractivity contribution in [2.75, 3.05) is 32.1 Å². The van der Waals surface area contributed by atoms with Crippen molar-refractivity contribution in [3.8, 4) is 0 Å². The van der Waals surface area contributed by atoms with Crippen molar-refractivity contribution < 1.29 is 35.5 Å². The van der Waals surface area contributed by atoms with Gasteiger partial charge in [-0.05, 0) is 35.9 Å². The Balaban J connectivity index is 1.89. The summed E-state index contributed by atoms with van der Waals surface area (Å²) < 4.78 is 92.2. The van der Waals surface area contributed by atoms with Gasteiger partial charge in [-0.2, -0.15) is 26.3 Å². The van der Waals surface area contributed by atoms with E-state index in [9.17, 15) is 35.5 Å². The summed E-state index contributed by atoms with van der Waals surface area (Å²) in [6.07, 6.45) is -10.0. The van der Waals surface area contributed by atoms with Gasteiger partial charge in [-0.25, -0.2) is 9.18 Å². The molecule has 2 aromatic rings. The smallest absolute Gasteiger partial charge is 0.322 e. The molecule has 2 atom stereocenters. The molecular weight excluding hydrogens is 443 g/mol. The van der Waals surface area contributed by atoms with Gasteiger partial charge in [0.1, 0.15) is 5.82 Å². The van der Waals surface area contributed by atoms with Gasteiger partial charge in [0.25, 0.3) is 0 Å². The molecule has 1 N–H and O–H groups in total. The van der Waals surface area contributed by atoms with E-state index in [0.717, 1.165) is 17.5 Å². The second-order valence-electron chi connectivity index (χ2n) is 7.60. The molecule has 1 heterocycles. The lowest BCUT2D eigenvalue weighted by molar-refractivity contribution is -0.143. The Morgan fingerprint density at radius 1 is 0.906 bits per heavy atom. The monoisotopic (exact) mass is 463 g/mol. The third kappa shape index (κ3) is 4.98. The Kier molecular flexibility index (Phi) is 6.41. The molecule has 1 aliphatic heterocycles. The van der Waals surface area contributed by atoms with Crippen LogP contribution in [-0.2, 0) is 12.4 Å². The minimum Gasteiger partial charge on any atom is -0.322 e. The fraction of sp³-hybridized carbons (Fsp3) is 0.381. The molecule has 32 heavy (non-hydrogen) atoms. The van der Waals surface area contributed by atoms with Crippen LogP contribution in [0.1, 0.15) is 22.6 Å². The molecule has 1 saturated heterocycles. The van der Waals surface area contributed by atoms with Crippen LogP contribution in [0, 0.1) is 5.82 Å². The molecule has 1 aliphatic rings. The third-order valence-electron chi connectivity index (χ3n) is 5.53. The Labute approximate surface area is 179 Å². The number of benzene rings is 2. The largest absolute Gasteiger partial charge is 0.416 e. The maximum Gasteiger partial charge on any atom is 0.416 e. The number of rotatable bonds is 3. The van der Waals surface area contributed by atoms with Crippen LogP contribution in [0.15, 0.2) is 42.5 Å². The second kappa shape index (κ2) is 8.61. The van der Waals surface area contributed by atoms with E-state index in [1.165, 1.54) is 24.1 Å². The first-order chi connectivity index (χ1) is 14.8. The maximum atomic E-state index is 13.2. The highest BCUT2D eigenvalue weighted by Crippen LogP contribution is 2.38. The van der Waals surface area contributed by atoms with Gasteiger partial charge in [0, 0.05) is 38.8 Å². The highest BCUT2D eigenvalue weighted by Gasteiger charge is 2.39. The first kappa shape index (κ1) is 23.8. The number of nitrogens with zero attached hydrogens (tertiary/aromatic N) is 2. The van der Waals surface area contributed by atoms with Crippen molar-refractivity contribution in [1.29, 1.82) is 0 Å². The Morgan fingerprint density at radius 2 is 1.44 bits per heavy atom. The van der Waals surface area contributed by atoms with E-state index < -0.39 is 47.1 Å². The summed E-state index contributed by atoms with van der Waals surface area (Å²) in [4.78, 5) is 15.0. The van der Waals surface area contributed by atoms with E-state index in [0.29, 0.717) is 25.2 Å². The molecule has 11 heteroatoms. The predicted molar refractivity (Wildman–Crippen MR) is 104 cm³/mol. The summed E-state index contributed by atoms with van der Waals surface area (Å²) in [5.41, 5.74) is -2.79. The van der Waals surface area contributed by atoms with Crippen LogP contribution in [0.2, 0.25) is 0 Å². The van der Waals surface area contributed by atoms with E-state index in [1.54, 1.807) is 12.1 Å². The molecule has 1 fully saturated rings. The van der Waals surface area contributed by atoms with Crippen molar-refractivity contribution >= 4 is 11.7 Å². The van der Waals surface area contributed by atoms with Gasteiger partial charge in [0.05, 0.1) is 17.2 Å². The van der Waals surface area contributed by atoms with Gasteiger partial charge >= 0.3 is 18.4 Å². The van der Waals surface area contributed by atoms with Crippen LogP contribution in [0.5, 0.6) is 0 Å². The summed E-state index contributed by atoms with van der Waals surface area (Å²) in [5.74, 6) is -0.657. The van der Waals surface area contributed by atoms with Crippen LogP contribution in [0.4, 0.5) is 41.2 Å². The number of anilines is 1. The van der Waals surface area contributed by atoms with Crippen molar-refractivity contribution in [2.24, 2.45) is 0 Å². The SMILES string of the molecule is CN(C(=O)N(C)C1CNCC1c1ccc(F)cc1)c1cc(C(F)(F)F)cc(C(F)(F)F)c1. The fourth-order valence-corrected chi connectivity index (χ4v) is 3.74. The topological polar surface area (TPSA) is 35.6 Å². The second-order valence-corrected chi connectivity index (χ2v) is 7.60. The highest BCUT2D eigenvalue weighted by molar-refractivity contribution is 5.92. The number of nitrogens with one attached hydrogen (secondary N) is 1. The van der Waals surface area contributed by atoms with Crippen LogP contribution < -0.4 is 10.2 Å². The lowest BCUT2D eigenvalue weighted by atomic mass is 9.93. The van der Waals surface area contributed by atoms with Crippen LogP contribution >= 0.6 is 0 Å². The van der Waals surface area contributed by atoms with Crippen molar-refractivity contribution in [3.63, 3.8) is 0 Å². The molecule has 2 unspecified atom stereocenters. The van der Waals surface area contributed by atoms with E-state index in [2.05, 4.69) is 5.32 Å². The van der Waals surface area contributed by atoms with Crippen molar-refractivity contribution in [3.05, 3.63) is 65.0 Å². The minimum absolute atomic E-state index is 0.0109. The first-order valence-electron chi connectivity index (χ1n) is 9.55. The zero-order valence-corrected chi connectivity index (χ0v) is 17.1. The molecule has 0 aliphatic carbocycles. The Hall–Kier alpha value is -2.82.